The van der Waals surface area contributed by atoms with Crippen molar-refractivity contribution in [2.45, 2.75) is 19.6 Å². The molecule has 0 aliphatic carbocycles. The maximum Gasteiger partial charge on any atom is 0.411 e. The first-order valence-electron chi connectivity index (χ1n) is 10.6. The average Bonchev–Trinajstić information content (AvgIpc) is 2.81. The van der Waals surface area contributed by atoms with Gasteiger partial charge in [0, 0.05) is 34.5 Å². The molecule has 1 heterocycles. The van der Waals surface area contributed by atoms with Gasteiger partial charge in [-0.25, -0.2) is 4.79 Å². The van der Waals surface area contributed by atoms with E-state index in [-0.39, 0.29) is 6.61 Å². The molecule has 1 aliphatic heterocycles. The minimum absolute atomic E-state index is 0.0704. The normalized spacial score (nSPS) is 12.6. The molecule has 0 aromatic heterocycles. The van der Waals surface area contributed by atoms with Crippen molar-refractivity contribution in [2.24, 2.45) is 5.84 Å². The van der Waals surface area contributed by atoms with Crippen LogP contribution < -0.4 is 22.3 Å². The van der Waals surface area contributed by atoms with Gasteiger partial charge in [0.1, 0.15) is 6.61 Å². The standard InChI is InChI=1S/C25H25Cl2N5O2/c1-15(17-3-5-24(31-29)23(28)11-17)32-7-6-18-10-22(4-2-19(18)13-32)30-25(33)34-14-16-8-20(26)12-21(27)9-16/h2-5,8-12,31H,1,6-7,13-14,28-29H2,(H,30,33). The SMILES string of the molecule is C=C(c1ccc(NN)c(N)c1)N1CCc2cc(NC(=O)OCc3cc(Cl)cc(Cl)c3)ccc2C1. The third-order valence-electron chi connectivity index (χ3n) is 5.68. The third-order valence-corrected chi connectivity index (χ3v) is 6.12. The molecule has 3 aromatic rings. The zero-order valence-corrected chi connectivity index (χ0v) is 19.9. The van der Waals surface area contributed by atoms with Gasteiger partial charge in [-0.05, 0) is 71.1 Å². The first-order chi connectivity index (χ1) is 16.3. The number of nitrogens with two attached hydrogens (primary N) is 2. The molecule has 0 saturated heterocycles. The fraction of sp³-hybridized carbons (Fsp3) is 0.160. The number of hydrogen-bond donors (Lipinski definition) is 4. The lowest BCUT2D eigenvalue weighted by molar-refractivity contribution is 0.155. The lowest BCUT2D eigenvalue weighted by atomic mass is 9.97. The van der Waals surface area contributed by atoms with Crippen LogP contribution in [0.2, 0.25) is 10.0 Å². The molecule has 6 N–H and O–H groups in total. The van der Waals surface area contributed by atoms with Crippen LogP contribution in [0.5, 0.6) is 0 Å². The van der Waals surface area contributed by atoms with Gasteiger partial charge in [-0.2, -0.15) is 0 Å². The van der Waals surface area contributed by atoms with Gasteiger partial charge in [0.2, 0.25) is 0 Å². The summed E-state index contributed by atoms with van der Waals surface area (Å²) >= 11 is 12.0. The second kappa shape index (κ2) is 10.3. The van der Waals surface area contributed by atoms with Gasteiger partial charge in [-0.15, -0.1) is 0 Å². The number of nitrogens with zero attached hydrogens (tertiary/aromatic N) is 1. The lowest BCUT2D eigenvalue weighted by Crippen LogP contribution is -2.29. The minimum atomic E-state index is -0.546. The number of carbonyl (C=O) groups is 1. The molecular weight excluding hydrogens is 473 g/mol. The average molecular weight is 498 g/mol. The van der Waals surface area contributed by atoms with E-state index >= 15 is 0 Å². The molecule has 0 bridgehead atoms. The van der Waals surface area contributed by atoms with Gasteiger partial charge in [0.15, 0.2) is 0 Å². The van der Waals surface area contributed by atoms with Crippen LogP contribution in [0, 0.1) is 0 Å². The number of anilines is 3. The summed E-state index contributed by atoms with van der Waals surface area (Å²) in [6.45, 7) is 5.84. The number of fused-ring (bicyclic) bond motifs is 1. The largest absolute Gasteiger partial charge is 0.444 e. The highest BCUT2D eigenvalue weighted by Gasteiger charge is 2.19. The predicted octanol–water partition coefficient (Wildman–Crippen LogP) is 5.64. The zero-order valence-electron chi connectivity index (χ0n) is 18.4. The van der Waals surface area contributed by atoms with Crippen LogP contribution in [-0.2, 0) is 24.3 Å². The molecule has 0 atom stereocenters. The van der Waals surface area contributed by atoms with Crippen molar-refractivity contribution in [1.29, 1.82) is 0 Å². The summed E-state index contributed by atoms with van der Waals surface area (Å²) in [5.74, 6) is 5.46. The Hall–Kier alpha value is -3.39. The number of hydrogen-bond acceptors (Lipinski definition) is 6. The Morgan fingerprint density at radius 3 is 2.53 bits per heavy atom. The molecule has 0 spiro atoms. The van der Waals surface area contributed by atoms with Crippen molar-refractivity contribution in [3.05, 3.63) is 93.5 Å². The van der Waals surface area contributed by atoms with Crippen LogP contribution in [0.15, 0.2) is 61.2 Å². The topological polar surface area (TPSA) is 106 Å². The maximum absolute atomic E-state index is 12.3. The number of nitrogen functional groups attached to an aromatic ring is 2. The molecule has 3 aromatic carbocycles. The quantitative estimate of drug-likeness (QED) is 0.199. The van der Waals surface area contributed by atoms with Crippen LogP contribution in [0.3, 0.4) is 0 Å². The van der Waals surface area contributed by atoms with Crippen LogP contribution in [-0.4, -0.2) is 17.5 Å². The number of benzene rings is 3. The molecule has 1 aliphatic rings. The number of hydrazine groups is 1. The smallest absolute Gasteiger partial charge is 0.411 e. The Bertz CT molecular complexity index is 1230. The van der Waals surface area contributed by atoms with Crippen molar-refractivity contribution in [1.82, 2.24) is 4.90 Å². The van der Waals surface area contributed by atoms with E-state index in [1.54, 1.807) is 18.2 Å². The number of amides is 1. The second-order valence-electron chi connectivity index (χ2n) is 8.03. The Kier molecular flexibility index (Phi) is 7.17. The van der Waals surface area contributed by atoms with Gasteiger partial charge in [0.05, 0.1) is 11.4 Å². The van der Waals surface area contributed by atoms with Crippen molar-refractivity contribution in [2.75, 3.05) is 23.0 Å². The highest BCUT2D eigenvalue weighted by atomic mass is 35.5. The molecule has 176 valence electrons. The third kappa shape index (κ3) is 5.56. The van der Waals surface area contributed by atoms with Crippen molar-refractivity contribution in [3.63, 3.8) is 0 Å². The van der Waals surface area contributed by atoms with Gasteiger partial charge < -0.3 is 20.8 Å². The van der Waals surface area contributed by atoms with E-state index in [0.717, 1.165) is 24.2 Å². The number of halogens is 2. The summed E-state index contributed by atoms with van der Waals surface area (Å²) in [6, 6.07) is 16.5. The fourth-order valence-electron chi connectivity index (χ4n) is 3.91. The summed E-state index contributed by atoms with van der Waals surface area (Å²) in [7, 11) is 0. The summed E-state index contributed by atoms with van der Waals surface area (Å²) in [4.78, 5) is 14.5. The molecule has 0 fully saturated rings. The van der Waals surface area contributed by atoms with Crippen molar-refractivity contribution in [3.8, 4) is 0 Å². The highest BCUT2D eigenvalue weighted by Crippen LogP contribution is 2.30. The maximum atomic E-state index is 12.3. The monoisotopic (exact) mass is 497 g/mol. The summed E-state index contributed by atoms with van der Waals surface area (Å²) < 4.78 is 5.30. The fourth-order valence-corrected chi connectivity index (χ4v) is 4.49. The van der Waals surface area contributed by atoms with Crippen LogP contribution in [0.25, 0.3) is 5.70 Å². The van der Waals surface area contributed by atoms with Crippen LogP contribution in [0.4, 0.5) is 21.9 Å². The van der Waals surface area contributed by atoms with E-state index in [9.17, 15) is 4.79 Å². The molecule has 9 heteroatoms. The van der Waals surface area contributed by atoms with Crippen molar-refractivity contribution < 1.29 is 9.53 Å². The van der Waals surface area contributed by atoms with Crippen LogP contribution >= 0.6 is 23.2 Å². The predicted molar refractivity (Wildman–Crippen MR) is 139 cm³/mol. The molecule has 0 saturated carbocycles. The van der Waals surface area contributed by atoms with Crippen LogP contribution in [0.1, 0.15) is 22.3 Å². The van der Waals surface area contributed by atoms with Gasteiger partial charge in [-0.1, -0.05) is 41.9 Å². The molecule has 4 rings (SSSR count). The summed E-state index contributed by atoms with van der Waals surface area (Å²) in [5, 5.41) is 3.76. The van der Waals surface area contributed by atoms with E-state index < -0.39 is 6.09 Å². The highest BCUT2D eigenvalue weighted by molar-refractivity contribution is 6.34. The van der Waals surface area contributed by atoms with Gasteiger partial charge in [0.25, 0.3) is 0 Å². The Morgan fingerprint density at radius 1 is 1.06 bits per heavy atom. The number of carbonyl (C=O) groups excluding carboxylic acids is 1. The Labute approximate surface area is 208 Å². The van der Waals surface area contributed by atoms with E-state index in [1.807, 2.05) is 36.4 Å². The first-order valence-corrected chi connectivity index (χ1v) is 11.4. The number of nitrogens with one attached hydrogen (secondary N) is 2. The lowest BCUT2D eigenvalue weighted by Gasteiger charge is -2.32. The van der Waals surface area contributed by atoms with Gasteiger partial charge in [-0.3, -0.25) is 11.2 Å². The molecular formula is C25H25Cl2N5O2. The number of rotatable bonds is 6. The second-order valence-corrected chi connectivity index (χ2v) is 8.90. The molecule has 0 unspecified atom stereocenters. The molecule has 0 radical (unpaired) electrons. The first kappa shape index (κ1) is 23.8. The van der Waals surface area contributed by atoms with Crippen molar-refractivity contribution >= 4 is 52.1 Å². The summed E-state index contributed by atoms with van der Waals surface area (Å²) in [5.41, 5.74) is 15.4. The van der Waals surface area contributed by atoms with E-state index in [1.165, 1.54) is 11.1 Å². The number of ether oxygens (including phenoxy) is 1. The molecule has 1 amide bonds. The van der Waals surface area contributed by atoms with E-state index in [2.05, 4.69) is 22.2 Å². The van der Waals surface area contributed by atoms with E-state index in [0.29, 0.717) is 39.2 Å². The van der Waals surface area contributed by atoms with E-state index in [4.69, 9.17) is 39.5 Å². The Balaban J connectivity index is 1.36. The zero-order chi connectivity index (χ0) is 24.2. The molecule has 34 heavy (non-hydrogen) atoms. The Morgan fingerprint density at radius 2 is 1.82 bits per heavy atom. The molecule has 7 nitrogen and oxygen atoms in total. The van der Waals surface area contributed by atoms with Gasteiger partial charge >= 0.3 is 6.09 Å². The minimum Gasteiger partial charge on any atom is -0.444 e. The summed E-state index contributed by atoms with van der Waals surface area (Å²) in [6.07, 6.45) is 0.271.